The van der Waals surface area contributed by atoms with Gasteiger partial charge < -0.3 is 10.1 Å². The average Bonchev–Trinajstić information content (AvgIpc) is 2.50. The first-order valence-electron chi connectivity index (χ1n) is 6.63. The second kappa shape index (κ2) is 6.26. The first kappa shape index (κ1) is 15.5. The van der Waals surface area contributed by atoms with Crippen LogP contribution in [0.15, 0.2) is 36.4 Å². The summed E-state index contributed by atoms with van der Waals surface area (Å²) in [5.41, 5.74) is 2.33. The van der Waals surface area contributed by atoms with E-state index in [1.807, 2.05) is 0 Å². The molecule has 6 nitrogen and oxygen atoms in total. The van der Waals surface area contributed by atoms with Crippen molar-refractivity contribution in [3.8, 4) is 5.75 Å². The first-order valence-corrected chi connectivity index (χ1v) is 6.63. The first-order chi connectivity index (χ1) is 10.4. The fraction of sp³-hybridized carbons (Fsp3) is 0.188. The molecule has 0 spiro atoms. The van der Waals surface area contributed by atoms with Gasteiger partial charge in [0.25, 0.3) is 11.6 Å². The lowest BCUT2D eigenvalue weighted by Gasteiger charge is -2.12. The zero-order chi connectivity index (χ0) is 16.3. The van der Waals surface area contributed by atoms with Crippen LogP contribution in [0.3, 0.4) is 0 Å². The van der Waals surface area contributed by atoms with Gasteiger partial charge in [0.05, 0.1) is 12.0 Å². The Hall–Kier alpha value is -2.89. The van der Waals surface area contributed by atoms with Gasteiger partial charge in [-0.2, -0.15) is 0 Å². The van der Waals surface area contributed by atoms with Crippen LogP contribution in [0, 0.1) is 24.0 Å². The minimum Gasteiger partial charge on any atom is -0.497 e. The van der Waals surface area contributed by atoms with Gasteiger partial charge in [-0.3, -0.25) is 14.9 Å². The lowest BCUT2D eigenvalue weighted by Crippen LogP contribution is -2.14. The molecule has 2 rings (SSSR count). The van der Waals surface area contributed by atoms with Crippen LogP contribution < -0.4 is 10.1 Å². The number of anilines is 1. The van der Waals surface area contributed by atoms with Crippen molar-refractivity contribution in [3.05, 3.63) is 63.2 Å². The zero-order valence-corrected chi connectivity index (χ0v) is 12.5. The third kappa shape index (κ3) is 3.22. The molecule has 0 aromatic heterocycles. The molecule has 0 atom stereocenters. The maximum absolute atomic E-state index is 12.3. The van der Waals surface area contributed by atoms with Crippen molar-refractivity contribution in [2.75, 3.05) is 12.4 Å². The molecule has 0 heterocycles. The van der Waals surface area contributed by atoms with Gasteiger partial charge in [-0.05, 0) is 43.2 Å². The Morgan fingerprint density at radius 3 is 2.36 bits per heavy atom. The van der Waals surface area contributed by atoms with Crippen LogP contribution in [-0.2, 0) is 0 Å². The molecule has 0 fully saturated rings. The SMILES string of the molecule is COc1cccc(C(=O)Nc2c(C)cc([N+](=O)[O-])cc2C)c1. The Morgan fingerprint density at radius 1 is 1.18 bits per heavy atom. The van der Waals surface area contributed by atoms with E-state index in [2.05, 4.69) is 5.32 Å². The molecule has 0 aliphatic heterocycles. The Labute approximate surface area is 127 Å². The predicted molar refractivity (Wildman–Crippen MR) is 83.5 cm³/mol. The third-order valence-electron chi connectivity index (χ3n) is 3.30. The van der Waals surface area contributed by atoms with Crippen LogP contribution in [0.5, 0.6) is 5.75 Å². The van der Waals surface area contributed by atoms with Gasteiger partial charge in [0.1, 0.15) is 5.75 Å². The second-order valence-electron chi connectivity index (χ2n) is 4.90. The maximum atomic E-state index is 12.3. The number of ether oxygens (including phenoxy) is 1. The molecular weight excluding hydrogens is 284 g/mol. The van der Waals surface area contributed by atoms with Crippen LogP contribution >= 0.6 is 0 Å². The molecule has 0 saturated heterocycles. The van der Waals surface area contributed by atoms with E-state index < -0.39 is 4.92 Å². The smallest absolute Gasteiger partial charge is 0.270 e. The number of hydrogen-bond donors (Lipinski definition) is 1. The van der Waals surface area contributed by atoms with Crippen LogP contribution in [0.2, 0.25) is 0 Å². The highest BCUT2D eigenvalue weighted by atomic mass is 16.6. The molecule has 0 unspecified atom stereocenters. The minimum absolute atomic E-state index is 0.00868. The van der Waals surface area contributed by atoms with Crippen molar-refractivity contribution in [1.82, 2.24) is 0 Å². The highest BCUT2D eigenvalue weighted by molar-refractivity contribution is 6.05. The number of rotatable bonds is 4. The number of nitrogens with zero attached hydrogens (tertiary/aromatic N) is 1. The van der Waals surface area contributed by atoms with Crippen molar-refractivity contribution in [2.24, 2.45) is 0 Å². The molecular formula is C16H16N2O4. The summed E-state index contributed by atoms with van der Waals surface area (Å²) < 4.78 is 5.09. The number of aryl methyl sites for hydroxylation is 2. The number of methoxy groups -OCH3 is 1. The quantitative estimate of drug-likeness (QED) is 0.692. The van der Waals surface area contributed by atoms with Gasteiger partial charge in [-0.25, -0.2) is 0 Å². The van der Waals surface area contributed by atoms with E-state index in [-0.39, 0.29) is 11.6 Å². The average molecular weight is 300 g/mol. The van der Waals surface area contributed by atoms with Gasteiger partial charge in [-0.1, -0.05) is 6.07 Å². The van der Waals surface area contributed by atoms with Crippen LogP contribution in [0.1, 0.15) is 21.5 Å². The molecule has 2 aromatic carbocycles. The molecule has 2 aromatic rings. The van der Waals surface area contributed by atoms with E-state index in [1.54, 1.807) is 38.1 Å². The molecule has 1 amide bonds. The molecule has 114 valence electrons. The number of amides is 1. The van der Waals surface area contributed by atoms with Crippen molar-refractivity contribution < 1.29 is 14.5 Å². The summed E-state index contributed by atoms with van der Waals surface area (Å²) in [6.07, 6.45) is 0. The van der Waals surface area contributed by atoms with E-state index in [9.17, 15) is 14.9 Å². The molecule has 0 saturated carbocycles. The summed E-state index contributed by atoms with van der Waals surface area (Å²) in [6.45, 7) is 3.45. The lowest BCUT2D eigenvalue weighted by molar-refractivity contribution is -0.384. The number of benzene rings is 2. The monoisotopic (exact) mass is 300 g/mol. The van der Waals surface area contributed by atoms with Crippen LogP contribution in [0.25, 0.3) is 0 Å². The minimum atomic E-state index is -0.451. The van der Waals surface area contributed by atoms with E-state index in [0.717, 1.165) is 0 Å². The fourth-order valence-corrected chi connectivity index (χ4v) is 2.19. The van der Waals surface area contributed by atoms with Crippen LogP contribution in [0.4, 0.5) is 11.4 Å². The number of nitro benzene ring substituents is 1. The Morgan fingerprint density at radius 2 is 1.82 bits per heavy atom. The zero-order valence-electron chi connectivity index (χ0n) is 12.5. The van der Waals surface area contributed by atoms with Gasteiger partial charge >= 0.3 is 0 Å². The Balaban J connectivity index is 2.30. The predicted octanol–water partition coefficient (Wildman–Crippen LogP) is 3.47. The number of nitrogens with one attached hydrogen (secondary N) is 1. The topological polar surface area (TPSA) is 81.5 Å². The molecule has 0 aliphatic carbocycles. The highest BCUT2D eigenvalue weighted by Gasteiger charge is 2.15. The van der Waals surface area contributed by atoms with Crippen molar-refractivity contribution >= 4 is 17.3 Å². The summed E-state index contributed by atoms with van der Waals surface area (Å²) >= 11 is 0. The molecule has 0 bridgehead atoms. The van der Waals surface area contributed by atoms with E-state index in [1.165, 1.54) is 19.2 Å². The van der Waals surface area contributed by atoms with Crippen molar-refractivity contribution in [3.63, 3.8) is 0 Å². The molecule has 0 aliphatic rings. The normalized spacial score (nSPS) is 10.1. The summed E-state index contributed by atoms with van der Waals surface area (Å²) in [5.74, 6) is 0.295. The number of non-ortho nitro benzene ring substituents is 1. The van der Waals surface area contributed by atoms with Crippen molar-refractivity contribution in [2.45, 2.75) is 13.8 Å². The Kier molecular flexibility index (Phi) is 4.41. The van der Waals surface area contributed by atoms with Crippen molar-refractivity contribution in [1.29, 1.82) is 0 Å². The largest absolute Gasteiger partial charge is 0.497 e. The highest BCUT2D eigenvalue weighted by Crippen LogP contribution is 2.26. The summed E-state index contributed by atoms with van der Waals surface area (Å²) in [7, 11) is 1.53. The summed E-state index contributed by atoms with van der Waals surface area (Å²) in [5, 5.41) is 13.6. The summed E-state index contributed by atoms with van der Waals surface area (Å²) in [4.78, 5) is 22.7. The molecule has 0 radical (unpaired) electrons. The van der Waals surface area contributed by atoms with E-state index in [4.69, 9.17) is 4.74 Å². The Bertz CT molecular complexity index is 718. The van der Waals surface area contributed by atoms with Gasteiger partial charge in [-0.15, -0.1) is 0 Å². The van der Waals surface area contributed by atoms with Gasteiger partial charge in [0.15, 0.2) is 0 Å². The number of carbonyl (C=O) groups is 1. The fourth-order valence-electron chi connectivity index (χ4n) is 2.19. The molecule has 22 heavy (non-hydrogen) atoms. The van der Waals surface area contributed by atoms with Gasteiger partial charge in [0.2, 0.25) is 0 Å². The van der Waals surface area contributed by atoms with Crippen LogP contribution in [-0.4, -0.2) is 17.9 Å². The van der Waals surface area contributed by atoms with E-state index in [0.29, 0.717) is 28.1 Å². The number of hydrogen-bond acceptors (Lipinski definition) is 4. The summed E-state index contributed by atoms with van der Waals surface area (Å²) in [6, 6.07) is 9.66. The molecule has 6 heteroatoms. The van der Waals surface area contributed by atoms with Gasteiger partial charge in [0, 0.05) is 23.4 Å². The second-order valence-corrected chi connectivity index (χ2v) is 4.90. The number of carbonyl (C=O) groups excluding carboxylic acids is 1. The maximum Gasteiger partial charge on any atom is 0.270 e. The number of nitro groups is 1. The standard InChI is InChI=1S/C16H16N2O4/c1-10-7-13(18(20)21)8-11(2)15(10)17-16(19)12-5-4-6-14(9-12)22-3/h4-9H,1-3H3,(H,17,19). The third-order valence-corrected chi connectivity index (χ3v) is 3.30. The lowest BCUT2D eigenvalue weighted by atomic mass is 10.1. The molecule has 1 N–H and O–H groups in total. The van der Waals surface area contributed by atoms with E-state index >= 15 is 0 Å².